The number of anilines is 1. The molecule has 3 heteroatoms. The highest BCUT2D eigenvalue weighted by Gasteiger charge is 1.94. The molecule has 13 heavy (non-hydrogen) atoms. The summed E-state index contributed by atoms with van der Waals surface area (Å²) in [4.78, 5) is 4.00. The lowest BCUT2D eigenvalue weighted by Crippen LogP contribution is -2.00. The third-order valence-corrected chi connectivity index (χ3v) is 1.62. The monoisotopic (exact) mass is 178 g/mol. The molecule has 0 radical (unpaired) electrons. The number of aromatic nitrogens is 1. The van der Waals surface area contributed by atoms with E-state index in [0.717, 1.165) is 18.7 Å². The van der Waals surface area contributed by atoms with E-state index < -0.39 is 0 Å². The van der Waals surface area contributed by atoms with Crippen molar-refractivity contribution in [3.8, 4) is 5.88 Å². The fraction of sp³-hybridized carbons (Fsp3) is 0.300. The molecule has 3 nitrogen and oxygen atoms in total. The van der Waals surface area contributed by atoms with Gasteiger partial charge in [0.05, 0.1) is 7.11 Å². The summed E-state index contributed by atoms with van der Waals surface area (Å²) in [5.74, 6) is 0.628. The van der Waals surface area contributed by atoms with Crippen molar-refractivity contribution in [1.29, 1.82) is 0 Å². The molecule has 0 amide bonds. The fourth-order valence-electron chi connectivity index (χ4n) is 0.950. The summed E-state index contributed by atoms with van der Waals surface area (Å²) in [6.45, 7) is 4.53. The van der Waals surface area contributed by atoms with Gasteiger partial charge in [-0.15, -0.1) is 6.58 Å². The molecule has 0 fully saturated rings. The van der Waals surface area contributed by atoms with Gasteiger partial charge in [0.1, 0.15) is 0 Å². The zero-order valence-corrected chi connectivity index (χ0v) is 7.79. The van der Waals surface area contributed by atoms with Crippen molar-refractivity contribution in [1.82, 2.24) is 4.98 Å². The zero-order chi connectivity index (χ0) is 9.52. The van der Waals surface area contributed by atoms with Crippen molar-refractivity contribution in [3.63, 3.8) is 0 Å². The van der Waals surface area contributed by atoms with E-state index in [1.807, 2.05) is 18.2 Å². The summed E-state index contributed by atoms with van der Waals surface area (Å²) in [6, 6.07) is 3.77. The molecule has 0 aliphatic rings. The highest BCUT2D eigenvalue weighted by atomic mass is 16.5. The summed E-state index contributed by atoms with van der Waals surface area (Å²) in [5, 5.41) is 3.23. The van der Waals surface area contributed by atoms with Crippen LogP contribution in [0.15, 0.2) is 31.0 Å². The molecule has 0 saturated heterocycles. The average Bonchev–Trinajstić information content (AvgIpc) is 2.19. The van der Waals surface area contributed by atoms with Crippen LogP contribution in [-0.4, -0.2) is 18.6 Å². The number of rotatable bonds is 5. The third-order valence-electron chi connectivity index (χ3n) is 1.62. The molecule has 1 aromatic heterocycles. The van der Waals surface area contributed by atoms with Gasteiger partial charge >= 0.3 is 0 Å². The minimum absolute atomic E-state index is 0.628. The maximum absolute atomic E-state index is 4.99. The Hall–Kier alpha value is -1.51. The van der Waals surface area contributed by atoms with Crippen molar-refractivity contribution in [2.24, 2.45) is 0 Å². The number of pyridine rings is 1. The van der Waals surface area contributed by atoms with Gasteiger partial charge in [-0.25, -0.2) is 4.98 Å². The van der Waals surface area contributed by atoms with Gasteiger partial charge in [0.25, 0.3) is 0 Å². The molecule has 70 valence electrons. The molecule has 0 atom stereocenters. The quantitative estimate of drug-likeness (QED) is 0.553. The first-order valence-corrected chi connectivity index (χ1v) is 4.21. The Morgan fingerprint density at radius 3 is 3.23 bits per heavy atom. The van der Waals surface area contributed by atoms with Gasteiger partial charge in [0.2, 0.25) is 5.88 Å². The highest BCUT2D eigenvalue weighted by Crippen LogP contribution is 2.12. The van der Waals surface area contributed by atoms with Gasteiger partial charge < -0.3 is 10.1 Å². The second kappa shape index (κ2) is 5.19. The lowest BCUT2D eigenvalue weighted by Gasteiger charge is -2.05. The molecule has 0 aromatic carbocycles. The van der Waals surface area contributed by atoms with Gasteiger partial charge in [0.15, 0.2) is 0 Å². The Balaban J connectivity index is 2.50. The Labute approximate surface area is 78.4 Å². The topological polar surface area (TPSA) is 34.2 Å². The summed E-state index contributed by atoms with van der Waals surface area (Å²) < 4.78 is 4.99. The Bertz CT molecular complexity index is 273. The largest absolute Gasteiger partial charge is 0.481 e. The van der Waals surface area contributed by atoms with Gasteiger partial charge in [-0.05, 0) is 12.5 Å². The van der Waals surface area contributed by atoms with E-state index in [9.17, 15) is 0 Å². The van der Waals surface area contributed by atoms with Crippen LogP contribution in [0.5, 0.6) is 5.88 Å². The lowest BCUT2D eigenvalue weighted by molar-refractivity contribution is 0.398. The van der Waals surface area contributed by atoms with Gasteiger partial charge in [0, 0.05) is 24.5 Å². The van der Waals surface area contributed by atoms with E-state index >= 15 is 0 Å². The maximum Gasteiger partial charge on any atom is 0.214 e. The fourth-order valence-corrected chi connectivity index (χ4v) is 0.950. The highest BCUT2D eigenvalue weighted by molar-refractivity contribution is 5.44. The minimum Gasteiger partial charge on any atom is -0.481 e. The number of methoxy groups -OCH3 is 1. The average molecular weight is 178 g/mol. The Morgan fingerprint density at radius 1 is 1.69 bits per heavy atom. The zero-order valence-electron chi connectivity index (χ0n) is 7.79. The molecule has 0 aliphatic carbocycles. The van der Waals surface area contributed by atoms with Crippen LogP contribution in [0, 0.1) is 0 Å². The van der Waals surface area contributed by atoms with E-state index in [1.165, 1.54) is 0 Å². The lowest BCUT2D eigenvalue weighted by atomic mass is 10.3. The Morgan fingerprint density at radius 2 is 2.54 bits per heavy atom. The normalized spacial score (nSPS) is 9.31. The van der Waals surface area contributed by atoms with E-state index in [2.05, 4.69) is 16.9 Å². The van der Waals surface area contributed by atoms with Crippen LogP contribution in [0.2, 0.25) is 0 Å². The molecule has 1 rings (SSSR count). The van der Waals surface area contributed by atoms with Crippen LogP contribution in [-0.2, 0) is 0 Å². The molecule has 0 aliphatic heterocycles. The van der Waals surface area contributed by atoms with Crippen LogP contribution in [0.4, 0.5) is 5.69 Å². The molecular formula is C10H14N2O. The van der Waals surface area contributed by atoms with Gasteiger partial charge in [-0.2, -0.15) is 0 Å². The van der Waals surface area contributed by atoms with Gasteiger partial charge in [-0.3, -0.25) is 0 Å². The first-order valence-electron chi connectivity index (χ1n) is 4.21. The van der Waals surface area contributed by atoms with Crippen LogP contribution in [0.25, 0.3) is 0 Å². The predicted molar refractivity (Wildman–Crippen MR) is 54.1 cm³/mol. The van der Waals surface area contributed by atoms with Gasteiger partial charge in [-0.1, -0.05) is 6.08 Å². The van der Waals surface area contributed by atoms with Crippen LogP contribution >= 0.6 is 0 Å². The first kappa shape index (κ1) is 9.58. The van der Waals surface area contributed by atoms with Crippen molar-refractivity contribution in [3.05, 3.63) is 31.0 Å². The molecule has 1 heterocycles. The third kappa shape index (κ3) is 3.15. The molecule has 0 unspecified atom stereocenters. The van der Waals surface area contributed by atoms with Crippen LogP contribution in [0.1, 0.15) is 6.42 Å². The number of nitrogens with one attached hydrogen (secondary N) is 1. The number of nitrogens with zero attached hydrogens (tertiary/aromatic N) is 1. The number of hydrogen-bond donors (Lipinski definition) is 1. The molecule has 0 spiro atoms. The number of ether oxygens (including phenoxy) is 1. The summed E-state index contributed by atoms with van der Waals surface area (Å²) >= 11 is 0. The minimum atomic E-state index is 0.628. The van der Waals surface area contributed by atoms with Crippen molar-refractivity contribution in [2.75, 3.05) is 19.0 Å². The van der Waals surface area contributed by atoms with Crippen molar-refractivity contribution >= 4 is 5.69 Å². The van der Waals surface area contributed by atoms with Crippen LogP contribution in [0.3, 0.4) is 0 Å². The van der Waals surface area contributed by atoms with Crippen molar-refractivity contribution in [2.45, 2.75) is 6.42 Å². The number of hydrogen-bond acceptors (Lipinski definition) is 3. The van der Waals surface area contributed by atoms with E-state index in [4.69, 9.17) is 4.74 Å². The first-order chi connectivity index (χ1) is 6.36. The molecular weight excluding hydrogens is 164 g/mol. The SMILES string of the molecule is C=CCCNc1ccnc(OC)c1. The standard InChI is InChI=1S/C10H14N2O/c1-3-4-6-11-9-5-7-12-10(8-9)13-2/h3,5,7-8H,1,4,6H2,2H3,(H,11,12). The molecule has 1 aromatic rings. The molecule has 0 bridgehead atoms. The molecule has 1 N–H and O–H groups in total. The second-order valence-electron chi connectivity index (χ2n) is 2.59. The second-order valence-corrected chi connectivity index (χ2v) is 2.59. The smallest absolute Gasteiger partial charge is 0.214 e. The Kier molecular flexibility index (Phi) is 3.82. The maximum atomic E-state index is 4.99. The molecule has 0 saturated carbocycles. The van der Waals surface area contributed by atoms with E-state index in [1.54, 1.807) is 13.3 Å². The van der Waals surface area contributed by atoms with Crippen LogP contribution < -0.4 is 10.1 Å². The summed E-state index contributed by atoms with van der Waals surface area (Å²) in [5.41, 5.74) is 1.02. The van der Waals surface area contributed by atoms with E-state index in [0.29, 0.717) is 5.88 Å². The summed E-state index contributed by atoms with van der Waals surface area (Å²) in [7, 11) is 1.61. The van der Waals surface area contributed by atoms with E-state index in [-0.39, 0.29) is 0 Å². The van der Waals surface area contributed by atoms with Crippen molar-refractivity contribution < 1.29 is 4.74 Å². The predicted octanol–water partition coefficient (Wildman–Crippen LogP) is 2.08. The summed E-state index contributed by atoms with van der Waals surface area (Å²) in [6.07, 6.45) is 4.55.